The van der Waals surface area contributed by atoms with E-state index >= 15 is 0 Å². The summed E-state index contributed by atoms with van der Waals surface area (Å²) in [5, 5.41) is 8.37. The number of esters is 1. The highest BCUT2D eigenvalue weighted by Gasteiger charge is 2.04. The number of hydrogen-bond donors (Lipinski definition) is 1. The first-order valence-electron chi connectivity index (χ1n) is 4.09. The lowest BCUT2D eigenvalue weighted by atomic mass is 10.2. The van der Waals surface area contributed by atoms with Gasteiger partial charge in [-0.25, -0.2) is 14.6 Å². The Balaban J connectivity index is 2.81. The molecule has 5 nitrogen and oxygen atoms in total. The first kappa shape index (κ1) is 10.9. The van der Waals surface area contributed by atoms with Gasteiger partial charge in [-0.1, -0.05) is 6.07 Å². The third kappa shape index (κ3) is 3.22. The molecule has 15 heavy (non-hydrogen) atoms. The smallest absolute Gasteiger partial charge is 0.356 e. The van der Waals surface area contributed by atoms with Crippen LogP contribution in [0.3, 0.4) is 0 Å². The van der Waals surface area contributed by atoms with Crippen LogP contribution in [0.5, 0.6) is 0 Å². The summed E-state index contributed by atoms with van der Waals surface area (Å²) >= 11 is 0. The molecule has 1 aromatic rings. The molecule has 0 aliphatic carbocycles. The minimum absolute atomic E-state index is 0.185. The molecule has 1 aromatic heterocycles. The van der Waals surface area contributed by atoms with Crippen LogP contribution in [0.15, 0.2) is 24.4 Å². The number of pyridine rings is 1. The predicted molar refractivity (Wildman–Crippen MR) is 52.2 cm³/mol. The van der Waals surface area contributed by atoms with E-state index in [1.807, 2.05) is 0 Å². The zero-order valence-corrected chi connectivity index (χ0v) is 8.01. The van der Waals surface area contributed by atoms with Gasteiger partial charge in [-0.2, -0.15) is 0 Å². The average Bonchev–Trinajstić information content (AvgIpc) is 2.26. The SMILES string of the molecule is COC(=O)c1ccc(/C=C/C(=O)O)cn1. The third-order valence-electron chi connectivity index (χ3n) is 1.60. The molecule has 1 heterocycles. The van der Waals surface area contributed by atoms with Crippen LogP contribution in [0.2, 0.25) is 0 Å². The summed E-state index contributed by atoms with van der Waals surface area (Å²) in [6.45, 7) is 0. The van der Waals surface area contributed by atoms with E-state index in [0.717, 1.165) is 6.08 Å². The van der Waals surface area contributed by atoms with Gasteiger partial charge in [-0.05, 0) is 17.7 Å². The molecule has 0 bridgehead atoms. The quantitative estimate of drug-likeness (QED) is 0.590. The minimum atomic E-state index is -1.04. The van der Waals surface area contributed by atoms with Crippen LogP contribution < -0.4 is 0 Å². The van der Waals surface area contributed by atoms with Gasteiger partial charge in [0.05, 0.1) is 7.11 Å². The fraction of sp³-hybridized carbons (Fsp3) is 0.100. The van der Waals surface area contributed by atoms with Gasteiger partial charge in [0.15, 0.2) is 0 Å². The van der Waals surface area contributed by atoms with Gasteiger partial charge in [-0.3, -0.25) is 0 Å². The summed E-state index contributed by atoms with van der Waals surface area (Å²) in [7, 11) is 1.27. The number of carboxylic acids is 1. The van der Waals surface area contributed by atoms with E-state index in [4.69, 9.17) is 5.11 Å². The number of carbonyl (C=O) groups excluding carboxylic acids is 1. The first-order valence-corrected chi connectivity index (χ1v) is 4.09. The van der Waals surface area contributed by atoms with E-state index in [1.54, 1.807) is 6.07 Å². The minimum Gasteiger partial charge on any atom is -0.478 e. The molecule has 1 N–H and O–H groups in total. The van der Waals surface area contributed by atoms with Crippen molar-refractivity contribution in [2.45, 2.75) is 0 Å². The molecular weight excluding hydrogens is 198 g/mol. The van der Waals surface area contributed by atoms with Gasteiger partial charge in [0.25, 0.3) is 0 Å². The Morgan fingerprint density at radius 3 is 2.67 bits per heavy atom. The molecule has 1 rings (SSSR count). The second-order valence-electron chi connectivity index (χ2n) is 2.64. The van der Waals surface area contributed by atoms with Crippen molar-refractivity contribution in [3.63, 3.8) is 0 Å². The molecule has 0 radical (unpaired) electrons. The van der Waals surface area contributed by atoms with Gasteiger partial charge in [0.2, 0.25) is 0 Å². The van der Waals surface area contributed by atoms with E-state index in [2.05, 4.69) is 9.72 Å². The summed E-state index contributed by atoms with van der Waals surface area (Å²) in [5.74, 6) is -1.56. The lowest BCUT2D eigenvalue weighted by molar-refractivity contribution is -0.131. The van der Waals surface area contributed by atoms with Crippen molar-refractivity contribution in [2.24, 2.45) is 0 Å². The zero-order valence-electron chi connectivity index (χ0n) is 8.01. The van der Waals surface area contributed by atoms with Crippen molar-refractivity contribution in [3.05, 3.63) is 35.7 Å². The predicted octanol–water partition coefficient (Wildman–Crippen LogP) is 0.966. The Labute approximate surface area is 86.0 Å². The van der Waals surface area contributed by atoms with E-state index in [-0.39, 0.29) is 5.69 Å². The summed E-state index contributed by atoms with van der Waals surface area (Å²) < 4.78 is 4.46. The molecule has 78 valence electrons. The number of methoxy groups -OCH3 is 1. The van der Waals surface area contributed by atoms with Gasteiger partial charge in [-0.15, -0.1) is 0 Å². The Kier molecular flexibility index (Phi) is 3.56. The average molecular weight is 207 g/mol. The van der Waals surface area contributed by atoms with Gasteiger partial charge in [0.1, 0.15) is 5.69 Å². The molecule has 0 aliphatic rings. The monoisotopic (exact) mass is 207 g/mol. The van der Waals surface area contributed by atoms with Gasteiger partial charge >= 0.3 is 11.9 Å². The van der Waals surface area contributed by atoms with E-state index in [0.29, 0.717) is 5.56 Å². The maximum atomic E-state index is 11.0. The summed E-state index contributed by atoms with van der Waals surface area (Å²) in [6, 6.07) is 3.05. The summed E-state index contributed by atoms with van der Waals surface area (Å²) in [5.41, 5.74) is 0.787. The second-order valence-corrected chi connectivity index (χ2v) is 2.64. The fourth-order valence-corrected chi connectivity index (χ4v) is 0.897. The highest BCUT2D eigenvalue weighted by Crippen LogP contribution is 2.03. The Morgan fingerprint density at radius 2 is 2.20 bits per heavy atom. The number of aliphatic carboxylic acids is 1. The Bertz CT molecular complexity index is 394. The molecule has 5 heteroatoms. The number of ether oxygens (including phenoxy) is 1. The van der Waals surface area contributed by atoms with Crippen molar-refractivity contribution in [3.8, 4) is 0 Å². The second kappa shape index (κ2) is 4.90. The Hall–Kier alpha value is -2.17. The lowest BCUT2D eigenvalue weighted by Gasteiger charge is -1.97. The van der Waals surface area contributed by atoms with Crippen molar-refractivity contribution < 1.29 is 19.4 Å². The summed E-state index contributed by atoms with van der Waals surface area (Å²) in [6.07, 6.45) is 3.77. The summed E-state index contributed by atoms with van der Waals surface area (Å²) in [4.78, 5) is 25.0. The zero-order chi connectivity index (χ0) is 11.3. The van der Waals surface area contributed by atoms with Crippen LogP contribution >= 0.6 is 0 Å². The maximum absolute atomic E-state index is 11.0. The van der Waals surface area contributed by atoms with Crippen molar-refractivity contribution in [1.29, 1.82) is 0 Å². The molecule has 0 aliphatic heterocycles. The molecule has 0 saturated carbocycles. The normalized spacial score (nSPS) is 10.2. The van der Waals surface area contributed by atoms with E-state index in [1.165, 1.54) is 25.4 Å². The molecule has 0 spiro atoms. The van der Waals surface area contributed by atoms with Gasteiger partial charge < -0.3 is 9.84 Å². The molecule has 0 amide bonds. The van der Waals surface area contributed by atoms with Crippen LogP contribution in [-0.2, 0) is 9.53 Å². The van der Waals surface area contributed by atoms with Crippen LogP contribution in [0.1, 0.15) is 16.1 Å². The third-order valence-corrected chi connectivity index (χ3v) is 1.60. The van der Waals surface area contributed by atoms with Crippen molar-refractivity contribution in [2.75, 3.05) is 7.11 Å². The van der Waals surface area contributed by atoms with Crippen molar-refractivity contribution in [1.82, 2.24) is 4.98 Å². The van der Waals surface area contributed by atoms with Crippen LogP contribution in [0.4, 0.5) is 0 Å². The molecule has 0 aromatic carbocycles. The molecule has 0 atom stereocenters. The fourth-order valence-electron chi connectivity index (χ4n) is 0.897. The molecule has 0 saturated heterocycles. The topological polar surface area (TPSA) is 76.5 Å². The standard InChI is InChI=1S/C10H9NO4/c1-15-10(14)8-4-2-7(6-11-8)3-5-9(12)13/h2-6H,1H3,(H,12,13)/b5-3+. The number of rotatable bonds is 3. The van der Waals surface area contributed by atoms with Crippen molar-refractivity contribution >= 4 is 18.0 Å². The number of aromatic nitrogens is 1. The first-order chi connectivity index (χ1) is 7.13. The molecule has 0 unspecified atom stereocenters. The maximum Gasteiger partial charge on any atom is 0.356 e. The number of carbonyl (C=O) groups is 2. The van der Waals surface area contributed by atoms with Gasteiger partial charge in [0, 0.05) is 12.3 Å². The number of hydrogen-bond acceptors (Lipinski definition) is 4. The van der Waals surface area contributed by atoms with E-state index < -0.39 is 11.9 Å². The van der Waals surface area contributed by atoms with Crippen LogP contribution in [0, 0.1) is 0 Å². The van der Waals surface area contributed by atoms with Crippen LogP contribution in [-0.4, -0.2) is 29.1 Å². The molecular formula is C10H9NO4. The van der Waals surface area contributed by atoms with E-state index in [9.17, 15) is 9.59 Å². The Morgan fingerprint density at radius 1 is 1.47 bits per heavy atom. The highest BCUT2D eigenvalue weighted by molar-refractivity contribution is 5.88. The largest absolute Gasteiger partial charge is 0.478 e. The number of nitrogens with zero attached hydrogens (tertiary/aromatic N) is 1. The van der Waals surface area contributed by atoms with Crippen LogP contribution in [0.25, 0.3) is 6.08 Å². The lowest BCUT2D eigenvalue weighted by Crippen LogP contribution is -2.03. The number of carboxylic acid groups (broad SMARTS) is 1. The molecule has 0 fully saturated rings. The highest BCUT2D eigenvalue weighted by atomic mass is 16.5.